The number of furan rings is 1. The number of hydrogen-bond acceptors (Lipinski definition) is 3. The Labute approximate surface area is 73.2 Å². The first-order chi connectivity index (χ1) is 5.93. The minimum Gasteiger partial charge on any atom is -0.469 e. The molecule has 0 spiro atoms. The summed E-state index contributed by atoms with van der Waals surface area (Å²) in [5, 5.41) is 6.38. The molecule has 3 heteroatoms. The van der Waals surface area contributed by atoms with Crippen molar-refractivity contribution >= 4 is 0 Å². The predicted octanol–water partition coefficient (Wildman–Crippen LogP) is 0.631. The predicted molar refractivity (Wildman–Crippen MR) is 49.2 cm³/mol. The second-order valence-electron chi connectivity index (χ2n) is 2.68. The largest absolute Gasteiger partial charge is 0.469 e. The van der Waals surface area contributed by atoms with Gasteiger partial charge in [-0.1, -0.05) is 0 Å². The van der Waals surface area contributed by atoms with Gasteiger partial charge in [-0.15, -0.1) is 0 Å². The zero-order chi connectivity index (χ0) is 8.65. The Morgan fingerprint density at radius 1 is 1.33 bits per heavy atom. The molecule has 68 valence electrons. The van der Waals surface area contributed by atoms with Crippen molar-refractivity contribution in [2.75, 3.05) is 26.7 Å². The summed E-state index contributed by atoms with van der Waals surface area (Å²) < 4.78 is 5.18. The van der Waals surface area contributed by atoms with Crippen molar-refractivity contribution in [3.8, 4) is 0 Å². The van der Waals surface area contributed by atoms with Crippen LogP contribution in [-0.2, 0) is 6.42 Å². The molecule has 0 aliphatic heterocycles. The maximum Gasteiger partial charge on any atom is 0.105 e. The SMILES string of the molecule is CNCCNCCc1ccco1. The van der Waals surface area contributed by atoms with E-state index >= 15 is 0 Å². The Morgan fingerprint density at radius 3 is 2.92 bits per heavy atom. The summed E-state index contributed by atoms with van der Waals surface area (Å²) in [5.74, 6) is 1.05. The standard InChI is InChI=1S/C9H16N2O/c1-10-6-7-11-5-4-9-3-2-8-12-9/h2-3,8,10-11H,4-7H2,1H3. The Kier molecular flexibility index (Phi) is 4.49. The third kappa shape index (κ3) is 3.55. The van der Waals surface area contributed by atoms with Crippen LogP contribution in [-0.4, -0.2) is 26.7 Å². The van der Waals surface area contributed by atoms with Gasteiger partial charge < -0.3 is 15.1 Å². The Balaban J connectivity index is 1.96. The van der Waals surface area contributed by atoms with Crippen molar-refractivity contribution in [2.45, 2.75) is 6.42 Å². The minimum absolute atomic E-state index is 0.969. The van der Waals surface area contributed by atoms with Crippen LogP contribution in [0.2, 0.25) is 0 Å². The lowest BCUT2D eigenvalue weighted by molar-refractivity contribution is 0.498. The molecule has 1 rings (SSSR count). The van der Waals surface area contributed by atoms with E-state index in [4.69, 9.17) is 4.42 Å². The molecule has 0 aliphatic rings. The summed E-state index contributed by atoms with van der Waals surface area (Å²) in [7, 11) is 1.95. The Hall–Kier alpha value is -0.800. The highest BCUT2D eigenvalue weighted by Crippen LogP contribution is 1.98. The van der Waals surface area contributed by atoms with E-state index in [2.05, 4.69) is 10.6 Å². The van der Waals surface area contributed by atoms with Gasteiger partial charge >= 0.3 is 0 Å². The van der Waals surface area contributed by atoms with E-state index in [1.54, 1.807) is 6.26 Å². The summed E-state index contributed by atoms with van der Waals surface area (Å²) in [6.07, 6.45) is 2.68. The summed E-state index contributed by atoms with van der Waals surface area (Å²) in [6.45, 7) is 3.00. The smallest absolute Gasteiger partial charge is 0.105 e. The van der Waals surface area contributed by atoms with Gasteiger partial charge in [0.2, 0.25) is 0 Å². The summed E-state index contributed by atoms with van der Waals surface area (Å²) in [5.41, 5.74) is 0. The molecule has 0 aliphatic carbocycles. The molecule has 1 aromatic rings. The van der Waals surface area contributed by atoms with Crippen LogP contribution in [0.25, 0.3) is 0 Å². The lowest BCUT2D eigenvalue weighted by atomic mass is 10.3. The number of hydrogen-bond donors (Lipinski definition) is 2. The quantitative estimate of drug-likeness (QED) is 0.612. The lowest BCUT2D eigenvalue weighted by Crippen LogP contribution is -2.26. The minimum atomic E-state index is 0.969. The van der Waals surface area contributed by atoms with Gasteiger partial charge in [-0.25, -0.2) is 0 Å². The second-order valence-corrected chi connectivity index (χ2v) is 2.68. The number of likely N-dealkylation sites (N-methyl/N-ethyl adjacent to an activating group) is 1. The van der Waals surface area contributed by atoms with Crippen molar-refractivity contribution in [1.82, 2.24) is 10.6 Å². The van der Waals surface area contributed by atoms with E-state index in [0.29, 0.717) is 0 Å². The average molecular weight is 168 g/mol. The fraction of sp³-hybridized carbons (Fsp3) is 0.556. The molecule has 2 N–H and O–H groups in total. The molecule has 0 atom stereocenters. The van der Waals surface area contributed by atoms with E-state index in [-0.39, 0.29) is 0 Å². The van der Waals surface area contributed by atoms with Crippen molar-refractivity contribution in [3.05, 3.63) is 24.2 Å². The molecule has 0 aromatic carbocycles. The summed E-state index contributed by atoms with van der Waals surface area (Å²) >= 11 is 0. The molecule has 0 saturated carbocycles. The van der Waals surface area contributed by atoms with E-state index in [1.807, 2.05) is 19.2 Å². The van der Waals surface area contributed by atoms with Crippen LogP contribution < -0.4 is 10.6 Å². The second kappa shape index (κ2) is 5.80. The fourth-order valence-electron chi connectivity index (χ4n) is 1.00. The van der Waals surface area contributed by atoms with Gasteiger partial charge in [0, 0.05) is 26.1 Å². The van der Waals surface area contributed by atoms with Gasteiger partial charge in [0.05, 0.1) is 6.26 Å². The molecule has 0 saturated heterocycles. The van der Waals surface area contributed by atoms with E-state index in [0.717, 1.165) is 31.8 Å². The van der Waals surface area contributed by atoms with Crippen LogP contribution in [0.1, 0.15) is 5.76 Å². The molecule has 12 heavy (non-hydrogen) atoms. The summed E-state index contributed by atoms with van der Waals surface area (Å²) in [4.78, 5) is 0. The Morgan fingerprint density at radius 2 is 2.25 bits per heavy atom. The zero-order valence-corrected chi connectivity index (χ0v) is 7.47. The molecular weight excluding hydrogens is 152 g/mol. The van der Waals surface area contributed by atoms with Crippen molar-refractivity contribution in [2.24, 2.45) is 0 Å². The van der Waals surface area contributed by atoms with E-state index in [9.17, 15) is 0 Å². The third-order valence-electron chi connectivity index (χ3n) is 1.68. The van der Waals surface area contributed by atoms with Crippen LogP contribution in [0.5, 0.6) is 0 Å². The van der Waals surface area contributed by atoms with Crippen LogP contribution in [0.15, 0.2) is 22.8 Å². The third-order valence-corrected chi connectivity index (χ3v) is 1.68. The molecule has 1 heterocycles. The average Bonchev–Trinajstić information content (AvgIpc) is 2.57. The van der Waals surface area contributed by atoms with Gasteiger partial charge in [0.15, 0.2) is 0 Å². The van der Waals surface area contributed by atoms with Gasteiger partial charge in [-0.05, 0) is 19.2 Å². The normalized spacial score (nSPS) is 10.4. The lowest BCUT2D eigenvalue weighted by Gasteiger charge is -2.01. The van der Waals surface area contributed by atoms with E-state index < -0.39 is 0 Å². The molecule has 3 nitrogen and oxygen atoms in total. The monoisotopic (exact) mass is 168 g/mol. The van der Waals surface area contributed by atoms with Crippen molar-refractivity contribution in [3.63, 3.8) is 0 Å². The maximum atomic E-state index is 5.18. The molecule has 0 bridgehead atoms. The summed E-state index contributed by atoms with van der Waals surface area (Å²) in [6, 6.07) is 3.92. The van der Waals surface area contributed by atoms with Crippen LogP contribution in [0, 0.1) is 0 Å². The van der Waals surface area contributed by atoms with E-state index in [1.165, 1.54) is 0 Å². The first-order valence-corrected chi connectivity index (χ1v) is 4.31. The maximum absolute atomic E-state index is 5.18. The highest BCUT2D eigenvalue weighted by atomic mass is 16.3. The van der Waals surface area contributed by atoms with Crippen LogP contribution in [0.3, 0.4) is 0 Å². The topological polar surface area (TPSA) is 37.2 Å². The Bertz CT molecular complexity index is 184. The highest BCUT2D eigenvalue weighted by Gasteiger charge is 1.93. The number of nitrogens with one attached hydrogen (secondary N) is 2. The fourth-order valence-corrected chi connectivity index (χ4v) is 1.00. The molecule has 0 unspecified atom stereocenters. The molecule has 0 amide bonds. The van der Waals surface area contributed by atoms with Crippen molar-refractivity contribution in [1.29, 1.82) is 0 Å². The van der Waals surface area contributed by atoms with Crippen LogP contribution in [0.4, 0.5) is 0 Å². The van der Waals surface area contributed by atoms with Gasteiger partial charge in [0.1, 0.15) is 5.76 Å². The van der Waals surface area contributed by atoms with Gasteiger partial charge in [0.25, 0.3) is 0 Å². The number of rotatable bonds is 6. The van der Waals surface area contributed by atoms with Crippen LogP contribution >= 0.6 is 0 Å². The van der Waals surface area contributed by atoms with Crippen molar-refractivity contribution < 1.29 is 4.42 Å². The molecular formula is C9H16N2O. The zero-order valence-electron chi connectivity index (χ0n) is 7.47. The first kappa shape index (κ1) is 9.29. The molecule has 0 fully saturated rings. The van der Waals surface area contributed by atoms with Gasteiger partial charge in [-0.2, -0.15) is 0 Å². The highest BCUT2D eigenvalue weighted by molar-refractivity contribution is 4.98. The van der Waals surface area contributed by atoms with Gasteiger partial charge in [-0.3, -0.25) is 0 Å². The molecule has 1 aromatic heterocycles. The first-order valence-electron chi connectivity index (χ1n) is 4.31. The molecule has 0 radical (unpaired) electrons.